The van der Waals surface area contributed by atoms with Gasteiger partial charge in [-0.2, -0.15) is 0 Å². The molecule has 0 bridgehead atoms. The lowest BCUT2D eigenvalue weighted by molar-refractivity contribution is -0.132. The zero-order valence-electron chi connectivity index (χ0n) is 18.9. The smallest absolute Gasteiger partial charge is 0.260 e. The molecule has 7 heteroatoms. The summed E-state index contributed by atoms with van der Waals surface area (Å²) in [5.74, 6) is -0.376. The standard InChI is InChI=1S/C26H28FN3O3/c1-17(2)14-28-26(32)20-13-23(29-22-9-5-3-7-19(20)22)18-11-12-30(15-18)25(31)16-33-24-10-6-4-8-21(24)27/h3-10,13,17-18H,11-12,14-16H2,1-2H3,(H,28,32). The largest absolute Gasteiger partial charge is 0.481 e. The number of nitrogens with one attached hydrogen (secondary N) is 1. The molecule has 1 unspecified atom stereocenters. The Labute approximate surface area is 192 Å². The number of likely N-dealkylation sites (tertiary alicyclic amines) is 1. The van der Waals surface area contributed by atoms with Crippen molar-refractivity contribution >= 4 is 22.7 Å². The minimum atomic E-state index is -0.492. The van der Waals surface area contributed by atoms with E-state index in [0.29, 0.717) is 31.1 Å². The SMILES string of the molecule is CC(C)CNC(=O)c1cc(C2CCN(C(=O)COc3ccccc3F)C2)nc2ccccc12. The highest BCUT2D eigenvalue weighted by Gasteiger charge is 2.29. The number of rotatable bonds is 7. The van der Waals surface area contributed by atoms with Crippen LogP contribution >= 0.6 is 0 Å². The van der Waals surface area contributed by atoms with E-state index in [0.717, 1.165) is 23.0 Å². The van der Waals surface area contributed by atoms with Crippen molar-refractivity contribution in [2.45, 2.75) is 26.2 Å². The zero-order chi connectivity index (χ0) is 23.4. The molecule has 0 aliphatic carbocycles. The van der Waals surface area contributed by atoms with Crippen molar-refractivity contribution in [1.29, 1.82) is 0 Å². The van der Waals surface area contributed by atoms with Gasteiger partial charge in [-0.3, -0.25) is 14.6 Å². The van der Waals surface area contributed by atoms with Gasteiger partial charge in [0.1, 0.15) is 0 Å². The van der Waals surface area contributed by atoms with Crippen molar-refractivity contribution in [3.05, 3.63) is 71.7 Å². The van der Waals surface area contributed by atoms with E-state index in [2.05, 4.69) is 19.2 Å². The third-order valence-electron chi connectivity index (χ3n) is 5.80. The van der Waals surface area contributed by atoms with Crippen LogP contribution in [0.5, 0.6) is 5.75 Å². The van der Waals surface area contributed by atoms with Gasteiger partial charge >= 0.3 is 0 Å². The van der Waals surface area contributed by atoms with Crippen LogP contribution in [0.15, 0.2) is 54.6 Å². The Morgan fingerprint density at radius 3 is 2.73 bits per heavy atom. The van der Waals surface area contributed by atoms with Crippen molar-refractivity contribution in [2.24, 2.45) is 5.92 Å². The van der Waals surface area contributed by atoms with Crippen molar-refractivity contribution < 1.29 is 18.7 Å². The minimum Gasteiger partial charge on any atom is -0.481 e. The van der Waals surface area contributed by atoms with Gasteiger partial charge in [0.25, 0.3) is 11.8 Å². The summed E-state index contributed by atoms with van der Waals surface area (Å²) in [4.78, 5) is 32.0. The molecule has 1 aromatic heterocycles. The monoisotopic (exact) mass is 449 g/mol. The Morgan fingerprint density at radius 2 is 1.94 bits per heavy atom. The van der Waals surface area contributed by atoms with Gasteiger partial charge in [-0.05, 0) is 36.6 Å². The van der Waals surface area contributed by atoms with Crippen LogP contribution in [-0.2, 0) is 4.79 Å². The van der Waals surface area contributed by atoms with E-state index >= 15 is 0 Å². The molecule has 1 aliphatic rings. The third kappa shape index (κ3) is 5.30. The number of aromatic nitrogens is 1. The normalized spacial score (nSPS) is 15.8. The number of hydrogen-bond acceptors (Lipinski definition) is 4. The Balaban J connectivity index is 1.48. The first-order chi connectivity index (χ1) is 15.9. The van der Waals surface area contributed by atoms with Gasteiger partial charge < -0.3 is 15.0 Å². The molecule has 4 rings (SSSR count). The lowest BCUT2D eigenvalue weighted by Gasteiger charge is -2.18. The summed E-state index contributed by atoms with van der Waals surface area (Å²) in [6.07, 6.45) is 0.740. The number of benzene rings is 2. The predicted octanol–water partition coefficient (Wildman–Crippen LogP) is 4.15. The van der Waals surface area contributed by atoms with Gasteiger partial charge in [-0.15, -0.1) is 0 Å². The Morgan fingerprint density at radius 1 is 1.18 bits per heavy atom. The van der Waals surface area contributed by atoms with Gasteiger partial charge in [0.15, 0.2) is 18.2 Å². The fourth-order valence-corrected chi connectivity index (χ4v) is 4.01. The highest BCUT2D eigenvalue weighted by Crippen LogP contribution is 2.29. The number of hydrogen-bond donors (Lipinski definition) is 1. The molecule has 0 saturated carbocycles. The van der Waals surface area contributed by atoms with Crippen LogP contribution in [-0.4, -0.2) is 47.9 Å². The molecule has 6 nitrogen and oxygen atoms in total. The van der Waals surface area contributed by atoms with Crippen LogP contribution < -0.4 is 10.1 Å². The number of fused-ring (bicyclic) bond motifs is 1. The first-order valence-electron chi connectivity index (χ1n) is 11.3. The molecule has 1 fully saturated rings. The van der Waals surface area contributed by atoms with E-state index in [1.54, 1.807) is 17.0 Å². The molecule has 1 atom stereocenters. The summed E-state index contributed by atoms with van der Waals surface area (Å²) < 4.78 is 19.1. The average Bonchev–Trinajstić information content (AvgIpc) is 3.31. The molecule has 2 amide bonds. The fourth-order valence-electron chi connectivity index (χ4n) is 4.01. The molecule has 2 heterocycles. The van der Waals surface area contributed by atoms with E-state index in [-0.39, 0.29) is 30.1 Å². The van der Waals surface area contributed by atoms with E-state index in [1.165, 1.54) is 12.1 Å². The van der Waals surface area contributed by atoms with Crippen LogP contribution in [0, 0.1) is 11.7 Å². The average molecular weight is 450 g/mol. The minimum absolute atomic E-state index is 0.0173. The Bertz CT molecular complexity index is 1160. The van der Waals surface area contributed by atoms with Crippen molar-refractivity contribution in [3.63, 3.8) is 0 Å². The fraction of sp³-hybridized carbons (Fsp3) is 0.346. The number of ether oxygens (including phenoxy) is 1. The maximum absolute atomic E-state index is 13.7. The van der Waals surface area contributed by atoms with E-state index in [4.69, 9.17) is 9.72 Å². The van der Waals surface area contributed by atoms with Gasteiger partial charge in [0.05, 0.1) is 11.1 Å². The number of amides is 2. The summed E-state index contributed by atoms with van der Waals surface area (Å²) in [6.45, 7) is 5.53. The molecule has 0 radical (unpaired) electrons. The van der Waals surface area contributed by atoms with Crippen LogP contribution in [0.3, 0.4) is 0 Å². The molecule has 0 spiro atoms. The van der Waals surface area contributed by atoms with Gasteiger partial charge in [0, 0.05) is 36.6 Å². The molecule has 172 valence electrons. The van der Waals surface area contributed by atoms with E-state index < -0.39 is 5.82 Å². The number of pyridine rings is 1. The summed E-state index contributed by atoms with van der Waals surface area (Å²) >= 11 is 0. The number of nitrogens with zero attached hydrogens (tertiary/aromatic N) is 2. The van der Waals surface area contributed by atoms with E-state index in [1.807, 2.05) is 30.3 Å². The summed E-state index contributed by atoms with van der Waals surface area (Å²) in [6, 6.07) is 15.5. The first-order valence-corrected chi connectivity index (χ1v) is 11.3. The van der Waals surface area contributed by atoms with Crippen LogP contribution in [0.4, 0.5) is 4.39 Å². The van der Waals surface area contributed by atoms with Crippen molar-refractivity contribution in [1.82, 2.24) is 15.2 Å². The van der Waals surface area contributed by atoms with Gasteiger partial charge in [0.2, 0.25) is 0 Å². The molecule has 1 N–H and O–H groups in total. The summed E-state index contributed by atoms with van der Waals surface area (Å²) in [5.41, 5.74) is 2.16. The molecule has 1 saturated heterocycles. The number of carbonyl (C=O) groups is 2. The third-order valence-corrected chi connectivity index (χ3v) is 5.80. The van der Waals surface area contributed by atoms with Crippen LogP contribution in [0.25, 0.3) is 10.9 Å². The zero-order valence-corrected chi connectivity index (χ0v) is 18.9. The molecule has 3 aromatic rings. The molecule has 33 heavy (non-hydrogen) atoms. The quantitative estimate of drug-likeness (QED) is 0.588. The van der Waals surface area contributed by atoms with Gasteiger partial charge in [-0.25, -0.2) is 4.39 Å². The molecule has 1 aliphatic heterocycles. The van der Waals surface area contributed by atoms with Gasteiger partial charge in [-0.1, -0.05) is 44.2 Å². The Hall–Kier alpha value is -3.48. The van der Waals surface area contributed by atoms with E-state index in [9.17, 15) is 14.0 Å². The summed E-state index contributed by atoms with van der Waals surface area (Å²) in [5, 5.41) is 3.81. The lowest BCUT2D eigenvalue weighted by atomic mass is 9.99. The predicted molar refractivity (Wildman–Crippen MR) is 125 cm³/mol. The van der Waals surface area contributed by atoms with Crippen LogP contribution in [0.2, 0.25) is 0 Å². The number of halogens is 1. The van der Waals surface area contributed by atoms with Crippen LogP contribution in [0.1, 0.15) is 42.2 Å². The lowest BCUT2D eigenvalue weighted by Crippen LogP contribution is -2.33. The second-order valence-corrected chi connectivity index (χ2v) is 8.76. The highest BCUT2D eigenvalue weighted by atomic mass is 19.1. The van der Waals surface area contributed by atoms with Crippen molar-refractivity contribution in [2.75, 3.05) is 26.2 Å². The summed E-state index contributed by atoms with van der Waals surface area (Å²) in [7, 11) is 0. The van der Waals surface area contributed by atoms with Crippen molar-refractivity contribution in [3.8, 4) is 5.75 Å². The maximum Gasteiger partial charge on any atom is 0.260 e. The highest BCUT2D eigenvalue weighted by molar-refractivity contribution is 6.06. The molecular formula is C26H28FN3O3. The molecule has 2 aromatic carbocycles. The number of carbonyl (C=O) groups excluding carboxylic acids is 2. The first kappa shape index (κ1) is 22.7. The maximum atomic E-state index is 13.7. The number of para-hydroxylation sites is 2. The second kappa shape index (κ2) is 9.98. The second-order valence-electron chi connectivity index (χ2n) is 8.76. The topological polar surface area (TPSA) is 71.5 Å². The Kier molecular flexibility index (Phi) is 6.87. The molecular weight excluding hydrogens is 421 g/mol.